The van der Waals surface area contributed by atoms with E-state index in [9.17, 15) is 23.1 Å². The molecule has 1 fully saturated rings. The van der Waals surface area contributed by atoms with Gasteiger partial charge >= 0.3 is 5.97 Å². The average Bonchev–Trinajstić information content (AvgIpc) is 2.87. The number of phenolic OH excluding ortho intramolecular Hbond substituents is 1. The molecule has 1 aromatic carbocycles. The Morgan fingerprint density at radius 1 is 1.40 bits per heavy atom. The van der Waals surface area contributed by atoms with E-state index in [-0.39, 0.29) is 21.4 Å². The number of carbonyl (C=O) groups is 2. The van der Waals surface area contributed by atoms with Crippen molar-refractivity contribution in [1.29, 1.82) is 0 Å². The Hall–Kier alpha value is -2.70. The Bertz CT molecular complexity index is 920. The van der Waals surface area contributed by atoms with Crippen molar-refractivity contribution in [3.8, 4) is 5.75 Å². The van der Waals surface area contributed by atoms with Crippen molar-refractivity contribution in [1.82, 2.24) is 5.32 Å². The highest BCUT2D eigenvalue weighted by atomic mass is 32.2. The molecule has 1 heterocycles. The third kappa shape index (κ3) is 4.89. The van der Waals surface area contributed by atoms with Crippen LogP contribution in [-0.2, 0) is 24.4 Å². The molecule has 0 aromatic heterocycles. The van der Waals surface area contributed by atoms with Gasteiger partial charge in [-0.1, -0.05) is 0 Å². The van der Waals surface area contributed by atoms with Crippen molar-refractivity contribution in [3.63, 3.8) is 0 Å². The predicted molar refractivity (Wildman–Crippen MR) is 88.8 cm³/mol. The third-order valence-electron chi connectivity index (χ3n) is 2.74. The van der Waals surface area contributed by atoms with E-state index < -0.39 is 26.9 Å². The minimum absolute atomic E-state index is 0.0147. The topological polar surface area (TPSA) is 155 Å². The van der Waals surface area contributed by atoms with Crippen LogP contribution in [0.4, 0.5) is 0 Å². The lowest BCUT2D eigenvalue weighted by Gasteiger charge is -2.01. The number of hydrogen-bond donors (Lipinski definition) is 3. The summed E-state index contributed by atoms with van der Waals surface area (Å²) in [7, 11) is -3.26. The highest BCUT2D eigenvalue weighted by Gasteiger charge is 2.25. The van der Waals surface area contributed by atoms with Gasteiger partial charge in [-0.15, -0.1) is 5.10 Å². The molecule has 3 N–H and O–H groups in total. The summed E-state index contributed by atoms with van der Waals surface area (Å²) in [6, 6.07) is 3.09. The smallest absolute Gasteiger partial charge is 0.331 e. The minimum Gasteiger partial charge on any atom is -0.507 e. The lowest BCUT2D eigenvalue weighted by molar-refractivity contribution is -0.135. The van der Waals surface area contributed by atoms with Crippen LogP contribution in [0.15, 0.2) is 44.3 Å². The quantitative estimate of drug-likeness (QED) is 0.219. The van der Waals surface area contributed by atoms with Gasteiger partial charge in [-0.3, -0.25) is 14.7 Å². The predicted octanol–water partition coefficient (Wildman–Crippen LogP) is 0.249. The summed E-state index contributed by atoms with van der Waals surface area (Å²) in [6.45, 7) is 0. The van der Waals surface area contributed by atoms with Crippen molar-refractivity contribution in [3.05, 3.63) is 34.7 Å². The minimum atomic E-state index is -4.43. The van der Waals surface area contributed by atoms with Crippen LogP contribution in [0.2, 0.25) is 0 Å². The molecule has 0 atom stereocenters. The summed E-state index contributed by atoms with van der Waals surface area (Å²) in [5.74, 6) is -1.54. The molecule has 12 heteroatoms. The molecule has 1 aliphatic heterocycles. The van der Waals surface area contributed by atoms with Crippen LogP contribution >= 0.6 is 11.8 Å². The largest absolute Gasteiger partial charge is 0.507 e. The van der Waals surface area contributed by atoms with E-state index in [0.29, 0.717) is 0 Å². The summed E-state index contributed by atoms with van der Waals surface area (Å²) in [5.41, 5.74) is -0.0147. The van der Waals surface area contributed by atoms with Gasteiger partial charge in [-0.2, -0.15) is 13.5 Å². The van der Waals surface area contributed by atoms with Crippen molar-refractivity contribution < 1.29 is 32.4 Å². The number of methoxy groups -OCH3 is 1. The number of amides is 1. The fraction of sp³-hybridized carbons (Fsp3) is 0.0769. The molecule has 0 unspecified atom stereocenters. The highest BCUT2D eigenvalue weighted by Crippen LogP contribution is 2.24. The Morgan fingerprint density at radius 3 is 2.76 bits per heavy atom. The lowest BCUT2D eigenvalue weighted by atomic mass is 10.2. The number of ether oxygens (including phenoxy) is 1. The molecule has 0 aliphatic carbocycles. The van der Waals surface area contributed by atoms with Crippen molar-refractivity contribution in [2.24, 2.45) is 10.2 Å². The van der Waals surface area contributed by atoms with E-state index in [2.05, 4.69) is 20.3 Å². The van der Waals surface area contributed by atoms with E-state index in [0.717, 1.165) is 42.3 Å². The van der Waals surface area contributed by atoms with Crippen LogP contribution < -0.4 is 5.32 Å². The first kappa shape index (κ1) is 18.6. The molecule has 1 aromatic rings. The van der Waals surface area contributed by atoms with E-state index in [1.807, 2.05) is 0 Å². The normalized spacial score (nSPS) is 18.1. The van der Waals surface area contributed by atoms with E-state index in [1.165, 1.54) is 7.11 Å². The Kier molecular flexibility index (Phi) is 5.56. The molecule has 10 nitrogen and oxygen atoms in total. The van der Waals surface area contributed by atoms with Crippen LogP contribution in [0, 0.1) is 0 Å². The number of amidine groups is 1. The van der Waals surface area contributed by atoms with Crippen molar-refractivity contribution in [2.75, 3.05) is 7.11 Å². The summed E-state index contributed by atoms with van der Waals surface area (Å²) < 4.78 is 35.5. The molecule has 1 saturated heterocycles. The Morgan fingerprint density at radius 2 is 2.12 bits per heavy atom. The number of thioether (sulfide) groups is 1. The number of phenols is 1. The number of esters is 1. The van der Waals surface area contributed by atoms with Gasteiger partial charge in [0.2, 0.25) is 0 Å². The molecule has 25 heavy (non-hydrogen) atoms. The summed E-state index contributed by atoms with van der Waals surface area (Å²) in [5, 5.41) is 19.4. The Labute approximate surface area is 146 Å². The highest BCUT2D eigenvalue weighted by molar-refractivity contribution is 8.18. The standard InChI is InChI=1S/C13H11N3O7S2/c1-23-11(18)5-10-12(19)15-13(24-10)16-14-6-7-4-8(25(20,21)22)2-3-9(7)17/h2-6,17H,1H3,(H,15,16,19)(H,20,21,22)/b10-5+,14-6?. The van der Waals surface area contributed by atoms with E-state index in [1.54, 1.807) is 0 Å². The molecule has 1 amide bonds. The van der Waals surface area contributed by atoms with Crippen LogP contribution in [0.5, 0.6) is 5.75 Å². The number of nitrogens with zero attached hydrogens (tertiary/aromatic N) is 2. The van der Waals surface area contributed by atoms with Gasteiger partial charge < -0.3 is 9.84 Å². The molecule has 0 radical (unpaired) electrons. The molecule has 2 rings (SSSR count). The zero-order valence-electron chi connectivity index (χ0n) is 12.5. The van der Waals surface area contributed by atoms with Crippen LogP contribution in [0.3, 0.4) is 0 Å². The number of aromatic hydroxyl groups is 1. The van der Waals surface area contributed by atoms with Gasteiger partial charge in [-0.05, 0) is 30.0 Å². The first-order chi connectivity index (χ1) is 11.7. The van der Waals surface area contributed by atoms with Crippen LogP contribution in [0.1, 0.15) is 5.56 Å². The molecular weight excluding hydrogens is 374 g/mol. The fourth-order valence-corrected chi connectivity index (χ4v) is 2.84. The monoisotopic (exact) mass is 385 g/mol. The van der Waals surface area contributed by atoms with Gasteiger partial charge in [0, 0.05) is 11.6 Å². The zero-order chi connectivity index (χ0) is 18.6. The molecular formula is C13H11N3O7S2. The third-order valence-corrected chi connectivity index (χ3v) is 4.49. The number of rotatable bonds is 4. The first-order valence-electron chi connectivity index (χ1n) is 6.41. The maximum Gasteiger partial charge on any atom is 0.331 e. The Balaban J connectivity index is 2.19. The van der Waals surface area contributed by atoms with Gasteiger partial charge in [0.05, 0.1) is 23.1 Å². The lowest BCUT2D eigenvalue weighted by Crippen LogP contribution is -2.19. The second-order valence-corrected chi connectivity index (χ2v) is 6.89. The van der Waals surface area contributed by atoms with Gasteiger partial charge in [0.15, 0.2) is 5.17 Å². The number of nitrogens with one attached hydrogen (secondary N) is 1. The molecule has 132 valence electrons. The van der Waals surface area contributed by atoms with Gasteiger partial charge in [-0.25, -0.2) is 4.79 Å². The summed E-state index contributed by atoms with van der Waals surface area (Å²) in [4.78, 5) is 22.4. The maximum absolute atomic E-state index is 11.6. The fourth-order valence-electron chi connectivity index (χ4n) is 1.58. The average molecular weight is 385 g/mol. The van der Waals surface area contributed by atoms with Gasteiger partial charge in [0.1, 0.15) is 5.75 Å². The van der Waals surface area contributed by atoms with Crippen LogP contribution in [0.25, 0.3) is 0 Å². The molecule has 0 saturated carbocycles. The molecule has 0 bridgehead atoms. The number of benzene rings is 1. The first-order valence-corrected chi connectivity index (χ1v) is 8.66. The second kappa shape index (κ2) is 7.46. The van der Waals surface area contributed by atoms with E-state index >= 15 is 0 Å². The number of hydrogen-bond acceptors (Lipinski definition) is 9. The maximum atomic E-state index is 11.6. The van der Waals surface area contributed by atoms with E-state index in [4.69, 9.17) is 4.55 Å². The summed E-state index contributed by atoms with van der Waals surface area (Å²) in [6.07, 6.45) is 2.03. The molecule has 0 spiro atoms. The van der Waals surface area contributed by atoms with Crippen molar-refractivity contribution >= 4 is 45.1 Å². The summed E-state index contributed by atoms with van der Waals surface area (Å²) >= 11 is 0.847. The zero-order valence-corrected chi connectivity index (χ0v) is 14.2. The SMILES string of the molecule is COC(=O)/C=C1/S/C(=N\N=Cc2cc(S(=O)(=O)O)ccc2O)NC1=O. The number of carbonyl (C=O) groups excluding carboxylic acids is 2. The second-order valence-electron chi connectivity index (χ2n) is 4.43. The van der Waals surface area contributed by atoms with Gasteiger partial charge in [0.25, 0.3) is 16.0 Å². The van der Waals surface area contributed by atoms with Crippen LogP contribution in [-0.4, -0.2) is 48.4 Å². The molecule has 1 aliphatic rings. The van der Waals surface area contributed by atoms with Crippen molar-refractivity contribution in [2.45, 2.75) is 4.90 Å².